The van der Waals surface area contributed by atoms with E-state index in [0.717, 1.165) is 65.4 Å². The van der Waals surface area contributed by atoms with Crippen molar-refractivity contribution < 1.29 is 9.47 Å². The van der Waals surface area contributed by atoms with Gasteiger partial charge >= 0.3 is 0 Å². The number of unbranched alkanes of at least 4 members (excludes halogenated alkanes) is 30. The summed E-state index contributed by atoms with van der Waals surface area (Å²) in [5, 5.41) is 20.1. The Balaban J connectivity index is 1.07. The van der Waals surface area contributed by atoms with E-state index in [2.05, 4.69) is 34.3 Å². The van der Waals surface area contributed by atoms with Gasteiger partial charge in [0.2, 0.25) is 0 Å². The number of fused-ring (bicyclic) bond motifs is 1. The fourth-order valence-corrected chi connectivity index (χ4v) is 8.66. The smallest absolute Gasteiger partial charge is 0.119 e. The zero-order chi connectivity index (χ0) is 45.7. The van der Waals surface area contributed by atoms with Crippen LogP contribution in [0.15, 0.2) is 99.3 Å². The van der Waals surface area contributed by atoms with Crippen LogP contribution in [0.25, 0.3) is 10.8 Å². The Labute approximate surface area is 396 Å². The SMILES string of the molecule is CCCCCCCCCCCCCCCCCCOc1ccc(/N=N/c2cccc3c(/N=N/c4ccc(OCCCCCCCCCCCCCCCCCC)cc4)c(N)ccc23)cc1. The second-order valence-corrected chi connectivity index (χ2v) is 18.6. The normalized spacial score (nSPS) is 11.7. The molecule has 4 aromatic rings. The Kier molecular flexibility index (Phi) is 29.5. The molecule has 4 aromatic carbocycles. The summed E-state index contributed by atoms with van der Waals surface area (Å²) >= 11 is 0. The van der Waals surface area contributed by atoms with Crippen LogP contribution in [0.1, 0.15) is 219 Å². The summed E-state index contributed by atoms with van der Waals surface area (Å²) in [5.74, 6) is 1.73. The van der Waals surface area contributed by atoms with Gasteiger partial charge in [-0.2, -0.15) is 10.2 Å². The van der Waals surface area contributed by atoms with Crippen molar-refractivity contribution in [1.29, 1.82) is 0 Å². The van der Waals surface area contributed by atoms with E-state index >= 15 is 0 Å². The molecule has 7 heteroatoms. The van der Waals surface area contributed by atoms with Gasteiger partial charge in [-0.25, -0.2) is 0 Å². The monoisotopic (exact) mass is 888 g/mol. The van der Waals surface area contributed by atoms with E-state index in [1.807, 2.05) is 78.9 Å². The molecule has 358 valence electrons. The molecule has 7 nitrogen and oxygen atoms in total. The molecular weight excluding hydrogens is 799 g/mol. The van der Waals surface area contributed by atoms with Crippen molar-refractivity contribution in [2.24, 2.45) is 20.5 Å². The van der Waals surface area contributed by atoms with Crippen molar-refractivity contribution in [3.05, 3.63) is 78.9 Å². The average molecular weight is 888 g/mol. The van der Waals surface area contributed by atoms with Crippen LogP contribution in [0.3, 0.4) is 0 Å². The third kappa shape index (κ3) is 24.2. The first-order chi connectivity index (χ1) is 32.2. The standard InChI is InChI=1S/C58H89N5O2/c1-3-5-7-9-11-13-15-17-19-21-23-25-27-29-31-33-48-64-52-42-38-50(39-43-52)60-62-57-37-35-36-55-54(57)46-47-56(59)58(55)63-61-51-40-44-53(45-41-51)65-49-34-32-30-28-26-24-22-20-18-16-14-12-10-8-6-4-2/h35-47H,3-34,48-49,59H2,1-2H3/b62-60+,63-61+. The van der Waals surface area contributed by atoms with Gasteiger partial charge in [0.05, 0.1) is 36.0 Å². The maximum Gasteiger partial charge on any atom is 0.119 e. The molecule has 0 aliphatic carbocycles. The predicted octanol–water partition coefficient (Wildman–Crippen LogP) is 20.5. The number of anilines is 1. The molecule has 0 spiro atoms. The summed E-state index contributed by atoms with van der Waals surface area (Å²) in [6.07, 6.45) is 43.8. The number of ether oxygens (including phenoxy) is 2. The van der Waals surface area contributed by atoms with Gasteiger partial charge in [-0.05, 0) is 79.6 Å². The van der Waals surface area contributed by atoms with Gasteiger partial charge in [0, 0.05) is 10.8 Å². The molecule has 4 rings (SSSR count). The molecule has 0 bridgehead atoms. The predicted molar refractivity (Wildman–Crippen MR) is 280 cm³/mol. The maximum atomic E-state index is 6.43. The summed E-state index contributed by atoms with van der Waals surface area (Å²) in [6.45, 7) is 6.07. The van der Waals surface area contributed by atoms with Crippen molar-refractivity contribution in [2.45, 2.75) is 219 Å². The molecule has 0 heterocycles. The van der Waals surface area contributed by atoms with Crippen molar-refractivity contribution in [3.63, 3.8) is 0 Å². The molecule has 0 unspecified atom stereocenters. The van der Waals surface area contributed by atoms with Gasteiger partial charge < -0.3 is 15.2 Å². The van der Waals surface area contributed by atoms with E-state index in [1.54, 1.807) is 0 Å². The lowest BCUT2D eigenvalue weighted by atomic mass is 10.0. The summed E-state index contributed by atoms with van der Waals surface area (Å²) in [6, 6.07) is 25.4. The lowest BCUT2D eigenvalue weighted by molar-refractivity contribution is 0.304. The van der Waals surface area contributed by atoms with Crippen molar-refractivity contribution in [3.8, 4) is 11.5 Å². The molecule has 0 radical (unpaired) electrons. The first-order valence-corrected chi connectivity index (χ1v) is 26.8. The summed E-state index contributed by atoms with van der Waals surface area (Å²) in [5.41, 5.74) is 9.86. The van der Waals surface area contributed by atoms with Crippen molar-refractivity contribution >= 4 is 39.2 Å². The van der Waals surface area contributed by atoms with E-state index in [0.29, 0.717) is 11.4 Å². The minimum Gasteiger partial charge on any atom is -0.494 e. The number of nitrogens with two attached hydrogens (primary N) is 1. The molecule has 65 heavy (non-hydrogen) atoms. The van der Waals surface area contributed by atoms with Gasteiger partial charge in [0.25, 0.3) is 0 Å². The quantitative estimate of drug-likeness (QED) is 0.0274. The average Bonchev–Trinajstić information content (AvgIpc) is 3.33. The molecule has 0 aliphatic rings. The van der Waals surface area contributed by atoms with E-state index in [9.17, 15) is 0 Å². The van der Waals surface area contributed by atoms with Crippen LogP contribution < -0.4 is 15.2 Å². The number of nitrogen functional groups attached to an aromatic ring is 1. The van der Waals surface area contributed by atoms with Crippen LogP contribution in [-0.2, 0) is 0 Å². The van der Waals surface area contributed by atoms with Crippen molar-refractivity contribution in [1.82, 2.24) is 0 Å². The zero-order valence-electron chi connectivity index (χ0n) is 41.2. The number of nitrogens with zero attached hydrogens (tertiary/aromatic N) is 4. The Morgan fingerprint density at radius 3 is 1.08 bits per heavy atom. The van der Waals surface area contributed by atoms with Crippen molar-refractivity contribution in [2.75, 3.05) is 18.9 Å². The fraction of sp³-hybridized carbons (Fsp3) is 0.621. The third-order valence-electron chi connectivity index (χ3n) is 12.8. The van der Waals surface area contributed by atoms with Crippen LogP contribution in [0.4, 0.5) is 28.4 Å². The first kappa shape index (κ1) is 53.4. The highest BCUT2D eigenvalue weighted by Gasteiger charge is 2.09. The van der Waals surface area contributed by atoms with Crippen LogP contribution in [0.5, 0.6) is 11.5 Å². The highest BCUT2D eigenvalue weighted by Crippen LogP contribution is 2.38. The van der Waals surface area contributed by atoms with Gasteiger partial charge in [0.15, 0.2) is 0 Å². The third-order valence-corrected chi connectivity index (χ3v) is 12.8. The molecule has 0 fully saturated rings. The van der Waals surface area contributed by atoms with E-state index in [-0.39, 0.29) is 0 Å². The second-order valence-electron chi connectivity index (χ2n) is 18.6. The summed E-state index contributed by atoms with van der Waals surface area (Å²) < 4.78 is 12.1. The van der Waals surface area contributed by atoms with Crippen LogP contribution in [0, 0.1) is 0 Å². The van der Waals surface area contributed by atoms with Gasteiger partial charge in [-0.15, -0.1) is 10.2 Å². The first-order valence-electron chi connectivity index (χ1n) is 26.8. The zero-order valence-corrected chi connectivity index (χ0v) is 41.2. The number of hydrogen-bond acceptors (Lipinski definition) is 7. The van der Waals surface area contributed by atoms with Crippen LogP contribution in [0.2, 0.25) is 0 Å². The fourth-order valence-electron chi connectivity index (χ4n) is 8.66. The number of rotatable bonds is 40. The number of hydrogen-bond donors (Lipinski definition) is 1. The summed E-state index contributed by atoms with van der Waals surface area (Å²) in [4.78, 5) is 0. The molecule has 0 saturated heterocycles. The molecular formula is C58H89N5O2. The number of azo groups is 2. The lowest BCUT2D eigenvalue weighted by Gasteiger charge is -2.08. The highest BCUT2D eigenvalue weighted by molar-refractivity contribution is 6.03. The Morgan fingerprint density at radius 2 is 0.692 bits per heavy atom. The highest BCUT2D eigenvalue weighted by atomic mass is 16.5. The second kappa shape index (κ2) is 35.9. The molecule has 2 N–H and O–H groups in total. The minimum absolute atomic E-state index is 0.560. The molecule has 0 aromatic heterocycles. The molecule has 0 amide bonds. The minimum atomic E-state index is 0.560. The molecule has 0 aliphatic heterocycles. The largest absolute Gasteiger partial charge is 0.494 e. The lowest BCUT2D eigenvalue weighted by Crippen LogP contribution is -1.96. The maximum absolute atomic E-state index is 6.43. The molecule has 0 atom stereocenters. The van der Waals surface area contributed by atoms with Gasteiger partial charge in [-0.1, -0.05) is 219 Å². The van der Waals surface area contributed by atoms with E-state index < -0.39 is 0 Å². The van der Waals surface area contributed by atoms with E-state index in [1.165, 1.54) is 193 Å². The van der Waals surface area contributed by atoms with Gasteiger partial charge in [-0.3, -0.25) is 0 Å². The molecule has 0 saturated carbocycles. The number of benzene rings is 4. The Hall–Kier alpha value is -4.26. The Morgan fingerprint density at radius 1 is 0.338 bits per heavy atom. The Bertz CT molecular complexity index is 1820. The van der Waals surface area contributed by atoms with Crippen LogP contribution >= 0.6 is 0 Å². The summed E-state index contributed by atoms with van der Waals surface area (Å²) in [7, 11) is 0. The van der Waals surface area contributed by atoms with Gasteiger partial charge in [0.1, 0.15) is 17.2 Å². The topological polar surface area (TPSA) is 93.9 Å². The van der Waals surface area contributed by atoms with Crippen LogP contribution in [-0.4, -0.2) is 13.2 Å². The van der Waals surface area contributed by atoms with E-state index in [4.69, 9.17) is 15.2 Å².